The Labute approximate surface area is 129 Å². The highest BCUT2D eigenvalue weighted by Crippen LogP contribution is 2.26. The molecule has 0 radical (unpaired) electrons. The minimum atomic E-state index is 0.590. The van der Waals surface area contributed by atoms with Crippen LogP contribution in [0.5, 0.6) is 11.5 Å². The lowest BCUT2D eigenvalue weighted by molar-refractivity contribution is 0.391. The fourth-order valence-corrected chi connectivity index (χ4v) is 2.87. The second-order valence-corrected chi connectivity index (χ2v) is 6.19. The van der Waals surface area contributed by atoms with Gasteiger partial charge in [-0.1, -0.05) is 25.2 Å². The maximum Gasteiger partial charge on any atom is 0.205 e. The van der Waals surface area contributed by atoms with Crippen LogP contribution in [0.25, 0.3) is 0 Å². The summed E-state index contributed by atoms with van der Waals surface area (Å²) >= 11 is 1.60. The van der Waals surface area contributed by atoms with Gasteiger partial charge in [-0.3, -0.25) is 0 Å². The average molecular weight is 307 g/mol. The first-order valence-corrected chi connectivity index (χ1v) is 7.71. The van der Waals surface area contributed by atoms with E-state index in [1.807, 2.05) is 18.2 Å². The van der Waals surface area contributed by atoms with Crippen LogP contribution in [0.15, 0.2) is 18.2 Å². The number of hydrogen-bond acceptors (Lipinski definition) is 6. The van der Waals surface area contributed by atoms with E-state index in [9.17, 15) is 0 Å². The smallest absolute Gasteiger partial charge is 0.205 e. The summed E-state index contributed by atoms with van der Waals surface area (Å²) in [5, 5.41) is 13.6. The van der Waals surface area contributed by atoms with Gasteiger partial charge in [-0.25, -0.2) is 0 Å². The zero-order valence-electron chi connectivity index (χ0n) is 12.8. The summed E-state index contributed by atoms with van der Waals surface area (Å²) in [5.41, 5.74) is 1.05. The van der Waals surface area contributed by atoms with E-state index in [2.05, 4.69) is 29.4 Å². The van der Waals surface area contributed by atoms with Crippen LogP contribution in [0.2, 0.25) is 0 Å². The molecule has 0 saturated carbocycles. The van der Waals surface area contributed by atoms with Crippen molar-refractivity contribution in [3.63, 3.8) is 0 Å². The Bertz CT molecular complexity index is 584. The number of aromatic nitrogens is 2. The van der Waals surface area contributed by atoms with Gasteiger partial charge in [0.25, 0.3) is 0 Å². The average Bonchev–Trinajstić information content (AvgIpc) is 2.91. The van der Waals surface area contributed by atoms with Gasteiger partial charge in [0.05, 0.1) is 14.2 Å². The molecule has 114 valence electrons. The van der Waals surface area contributed by atoms with E-state index in [1.165, 1.54) is 0 Å². The van der Waals surface area contributed by atoms with Crippen LogP contribution in [0.3, 0.4) is 0 Å². The molecule has 2 rings (SSSR count). The Morgan fingerprint density at radius 3 is 2.67 bits per heavy atom. The molecule has 0 spiro atoms. The van der Waals surface area contributed by atoms with Crippen molar-refractivity contribution >= 4 is 16.5 Å². The Kier molecular flexibility index (Phi) is 5.38. The fraction of sp³-hybridized carbons (Fsp3) is 0.467. The molecule has 0 aliphatic rings. The summed E-state index contributed by atoms with van der Waals surface area (Å²) < 4.78 is 10.6. The normalized spacial score (nSPS) is 10.7. The van der Waals surface area contributed by atoms with Gasteiger partial charge in [0.15, 0.2) is 0 Å². The monoisotopic (exact) mass is 307 g/mol. The van der Waals surface area contributed by atoms with E-state index in [0.29, 0.717) is 12.5 Å². The molecule has 1 aromatic heterocycles. The molecule has 0 fully saturated rings. The number of anilines is 1. The van der Waals surface area contributed by atoms with Crippen molar-refractivity contribution in [3.8, 4) is 11.5 Å². The molecule has 0 aliphatic heterocycles. The maximum atomic E-state index is 5.38. The van der Waals surface area contributed by atoms with Gasteiger partial charge in [0.2, 0.25) is 5.13 Å². The minimum absolute atomic E-state index is 0.590. The van der Waals surface area contributed by atoms with Gasteiger partial charge in [-0.2, -0.15) is 0 Å². The van der Waals surface area contributed by atoms with Crippen LogP contribution in [-0.4, -0.2) is 24.4 Å². The van der Waals surface area contributed by atoms with E-state index >= 15 is 0 Å². The molecule has 1 heterocycles. The number of hydrogen-bond donors (Lipinski definition) is 1. The predicted octanol–water partition coefficient (Wildman–Crippen LogP) is 3.37. The van der Waals surface area contributed by atoms with Crippen LogP contribution in [0, 0.1) is 5.92 Å². The molecule has 0 unspecified atom stereocenters. The largest absolute Gasteiger partial charge is 0.497 e. The van der Waals surface area contributed by atoms with E-state index in [0.717, 1.165) is 33.6 Å². The molecule has 0 bridgehead atoms. The van der Waals surface area contributed by atoms with Crippen molar-refractivity contribution in [3.05, 3.63) is 28.8 Å². The number of methoxy groups -OCH3 is 2. The highest BCUT2D eigenvalue weighted by atomic mass is 32.1. The molecule has 0 saturated heterocycles. The molecule has 1 aromatic carbocycles. The van der Waals surface area contributed by atoms with Gasteiger partial charge >= 0.3 is 0 Å². The highest BCUT2D eigenvalue weighted by Gasteiger charge is 2.08. The number of benzene rings is 1. The molecule has 2 aromatic rings. The standard InChI is InChI=1S/C15H21N3O2S/c1-10(2)7-14-17-18-15(21-14)16-9-11-5-6-12(19-3)8-13(11)20-4/h5-6,8,10H,7,9H2,1-4H3,(H,16,18). The van der Waals surface area contributed by atoms with Crippen molar-refractivity contribution in [1.82, 2.24) is 10.2 Å². The second-order valence-electron chi connectivity index (χ2n) is 5.13. The summed E-state index contributed by atoms with van der Waals surface area (Å²) in [6, 6.07) is 5.78. The van der Waals surface area contributed by atoms with Crippen LogP contribution < -0.4 is 14.8 Å². The topological polar surface area (TPSA) is 56.3 Å². The molecule has 21 heavy (non-hydrogen) atoms. The first-order valence-electron chi connectivity index (χ1n) is 6.89. The van der Waals surface area contributed by atoms with Crippen LogP contribution in [0.1, 0.15) is 24.4 Å². The lowest BCUT2D eigenvalue weighted by Gasteiger charge is -2.10. The molecular formula is C15H21N3O2S. The Balaban J connectivity index is 2.00. The quantitative estimate of drug-likeness (QED) is 0.850. The number of ether oxygens (including phenoxy) is 2. The van der Waals surface area contributed by atoms with E-state index in [1.54, 1.807) is 25.6 Å². The first kappa shape index (κ1) is 15.6. The van der Waals surface area contributed by atoms with E-state index in [4.69, 9.17) is 9.47 Å². The lowest BCUT2D eigenvalue weighted by atomic mass is 10.1. The van der Waals surface area contributed by atoms with Gasteiger partial charge in [-0.15, -0.1) is 10.2 Å². The summed E-state index contributed by atoms with van der Waals surface area (Å²) in [7, 11) is 3.30. The Morgan fingerprint density at radius 2 is 2.00 bits per heavy atom. The summed E-state index contributed by atoms with van der Waals surface area (Å²) in [6.45, 7) is 5.00. The molecule has 0 amide bonds. The number of nitrogens with zero attached hydrogens (tertiary/aromatic N) is 2. The van der Waals surface area contributed by atoms with E-state index < -0.39 is 0 Å². The van der Waals surface area contributed by atoms with Crippen molar-refractivity contribution < 1.29 is 9.47 Å². The summed E-state index contributed by atoms with van der Waals surface area (Å²) in [5.74, 6) is 2.17. The lowest BCUT2D eigenvalue weighted by Crippen LogP contribution is -2.01. The zero-order valence-corrected chi connectivity index (χ0v) is 13.7. The van der Waals surface area contributed by atoms with Crippen LogP contribution in [-0.2, 0) is 13.0 Å². The van der Waals surface area contributed by atoms with Crippen molar-refractivity contribution in [2.45, 2.75) is 26.8 Å². The predicted molar refractivity (Wildman–Crippen MR) is 85.3 cm³/mol. The van der Waals surface area contributed by atoms with Crippen LogP contribution in [0.4, 0.5) is 5.13 Å². The summed E-state index contributed by atoms with van der Waals surface area (Å²) in [4.78, 5) is 0. The third kappa shape index (κ3) is 4.32. The highest BCUT2D eigenvalue weighted by molar-refractivity contribution is 7.15. The third-order valence-electron chi connectivity index (χ3n) is 2.97. The molecule has 1 N–H and O–H groups in total. The second kappa shape index (κ2) is 7.26. The maximum absolute atomic E-state index is 5.38. The molecule has 0 atom stereocenters. The summed E-state index contributed by atoms with van der Waals surface area (Å²) in [6.07, 6.45) is 0.963. The van der Waals surface area contributed by atoms with E-state index in [-0.39, 0.29) is 0 Å². The Hall–Kier alpha value is -1.82. The van der Waals surface area contributed by atoms with Crippen molar-refractivity contribution in [1.29, 1.82) is 0 Å². The third-order valence-corrected chi connectivity index (χ3v) is 3.88. The number of nitrogens with one attached hydrogen (secondary N) is 1. The molecular weight excluding hydrogens is 286 g/mol. The molecule has 5 nitrogen and oxygen atoms in total. The fourth-order valence-electron chi connectivity index (χ4n) is 1.93. The van der Waals surface area contributed by atoms with Gasteiger partial charge < -0.3 is 14.8 Å². The van der Waals surface area contributed by atoms with Gasteiger partial charge in [0, 0.05) is 24.6 Å². The SMILES string of the molecule is COc1ccc(CNc2nnc(CC(C)C)s2)c(OC)c1. The van der Waals surface area contributed by atoms with Gasteiger partial charge in [-0.05, 0) is 18.1 Å². The molecule has 0 aliphatic carbocycles. The van der Waals surface area contributed by atoms with Crippen molar-refractivity contribution in [2.75, 3.05) is 19.5 Å². The zero-order chi connectivity index (χ0) is 15.2. The van der Waals surface area contributed by atoms with Gasteiger partial charge in [0.1, 0.15) is 16.5 Å². The Morgan fingerprint density at radius 1 is 1.19 bits per heavy atom. The molecule has 6 heteroatoms. The number of rotatable bonds is 7. The van der Waals surface area contributed by atoms with Crippen LogP contribution >= 0.6 is 11.3 Å². The van der Waals surface area contributed by atoms with Crippen molar-refractivity contribution in [2.24, 2.45) is 5.92 Å². The minimum Gasteiger partial charge on any atom is -0.497 e. The first-order chi connectivity index (χ1) is 10.1.